The average molecular weight is 568 g/mol. The molecule has 1 aromatic heterocycles. The molecule has 2 aliphatic rings. The summed E-state index contributed by atoms with van der Waals surface area (Å²) < 4.78 is 21.1. The Balaban J connectivity index is 1.34. The van der Waals surface area contributed by atoms with Crippen molar-refractivity contribution in [2.75, 3.05) is 19.7 Å². The topological polar surface area (TPSA) is 82.9 Å². The first-order valence-electron chi connectivity index (χ1n) is 14.3. The molecule has 4 aromatic rings. The summed E-state index contributed by atoms with van der Waals surface area (Å²) in [5, 5.41) is 9.31. The van der Waals surface area contributed by atoms with Crippen LogP contribution >= 0.6 is 0 Å². The monoisotopic (exact) mass is 567 g/mol. The van der Waals surface area contributed by atoms with Crippen LogP contribution in [0.4, 0.5) is 4.39 Å². The third-order valence-electron chi connectivity index (χ3n) is 8.36. The molecule has 1 atom stereocenters. The highest BCUT2D eigenvalue weighted by molar-refractivity contribution is 6.19. The number of aromatic amines is 1. The van der Waals surface area contributed by atoms with Crippen LogP contribution in [0.1, 0.15) is 48.2 Å². The molecule has 6 rings (SSSR count). The molecule has 9 heteroatoms. The van der Waals surface area contributed by atoms with Gasteiger partial charge in [0.1, 0.15) is 11.5 Å². The second-order valence-electron chi connectivity index (χ2n) is 10.9. The number of aromatic nitrogens is 2. The average Bonchev–Trinajstić information content (AvgIpc) is 3.43. The number of benzene rings is 3. The number of nitrogens with one attached hydrogen (secondary N) is 1. The number of nitrogens with zero attached hydrogens (tertiary/aromatic N) is 4. The van der Waals surface area contributed by atoms with E-state index in [1.807, 2.05) is 62.5 Å². The minimum atomic E-state index is -0.786. The van der Waals surface area contributed by atoms with Crippen LogP contribution in [0.15, 0.2) is 94.8 Å². The zero-order valence-electron chi connectivity index (χ0n) is 23.8. The zero-order chi connectivity index (χ0) is 29.3. The number of halogens is 1. The van der Waals surface area contributed by atoms with Crippen molar-refractivity contribution in [3.8, 4) is 5.75 Å². The van der Waals surface area contributed by atoms with Gasteiger partial charge in [0, 0.05) is 20.1 Å². The van der Waals surface area contributed by atoms with E-state index in [0.29, 0.717) is 38.3 Å². The molecule has 0 saturated carbocycles. The second kappa shape index (κ2) is 11.4. The van der Waals surface area contributed by atoms with Crippen molar-refractivity contribution in [3.63, 3.8) is 0 Å². The summed E-state index contributed by atoms with van der Waals surface area (Å²) >= 11 is 0. The standard InChI is InChI=1S/C33H34FN5O3/c1-3-42-29-28(37(2)36-31(29)40)27(24-10-6-4-7-11-24)38-20-18-33(19-21-38)30(25-12-8-5-9-13-25)35-39(32(33)41)22-23-14-16-26(34)17-15-23/h4-17,27H,3,18-22H2,1-2H3,(H,36,40). The van der Waals surface area contributed by atoms with Gasteiger partial charge in [-0.3, -0.25) is 24.3 Å². The quantitative estimate of drug-likeness (QED) is 0.329. The molecule has 42 heavy (non-hydrogen) atoms. The second-order valence-corrected chi connectivity index (χ2v) is 10.9. The largest absolute Gasteiger partial charge is 0.487 e. The fourth-order valence-corrected chi connectivity index (χ4v) is 6.33. The third-order valence-corrected chi connectivity index (χ3v) is 8.36. The van der Waals surface area contributed by atoms with Gasteiger partial charge in [-0.15, -0.1) is 0 Å². The van der Waals surface area contributed by atoms with Crippen LogP contribution in [0, 0.1) is 11.2 Å². The van der Waals surface area contributed by atoms with E-state index in [-0.39, 0.29) is 29.9 Å². The van der Waals surface area contributed by atoms with Gasteiger partial charge in [0.2, 0.25) is 5.75 Å². The van der Waals surface area contributed by atoms with Crippen LogP contribution in [0.5, 0.6) is 5.75 Å². The first kappa shape index (κ1) is 27.7. The van der Waals surface area contributed by atoms with Crippen LogP contribution in [-0.4, -0.2) is 51.0 Å². The van der Waals surface area contributed by atoms with Gasteiger partial charge in [0.15, 0.2) is 0 Å². The molecule has 1 fully saturated rings. The highest BCUT2D eigenvalue weighted by Crippen LogP contribution is 2.45. The normalized spacial score (nSPS) is 17.5. The maximum absolute atomic E-state index is 14.2. The number of carbonyl (C=O) groups is 1. The van der Waals surface area contributed by atoms with Gasteiger partial charge in [0.05, 0.1) is 30.3 Å². The summed E-state index contributed by atoms with van der Waals surface area (Å²) in [6, 6.07) is 25.9. The number of aryl methyl sites for hydroxylation is 1. The van der Waals surface area contributed by atoms with E-state index in [9.17, 15) is 14.0 Å². The summed E-state index contributed by atoms with van der Waals surface area (Å²) in [6.07, 6.45) is 1.12. The summed E-state index contributed by atoms with van der Waals surface area (Å²) in [6.45, 7) is 3.72. The molecule has 0 radical (unpaired) electrons. The predicted molar refractivity (Wildman–Crippen MR) is 159 cm³/mol. The number of hydrazone groups is 1. The Morgan fingerprint density at radius 3 is 2.24 bits per heavy atom. The van der Waals surface area contributed by atoms with Gasteiger partial charge in [-0.25, -0.2) is 9.40 Å². The van der Waals surface area contributed by atoms with Crippen molar-refractivity contribution in [2.45, 2.75) is 32.4 Å². The Morgan fingerprint density at radius 1 is 0.952 bits per heavy atom. The number of H-pyrrole nitrogens is 1. The van der Waals surface area contributed by atoms with E-state index in [4.69, 9.17) is 9.84 Å². The van der Waals surface area contributed by atoms with Gasteiger partial charge in [-0.1, -0.05) is 72.8 Å². The molecular weight excluding hydrogens is 533 g/mol. The highest BCUT2D eigenvalue weighted by atomic mass is 19.1. The number of likely N-dealkylation sites (tertiary alicyclic amines) is 1. The lowest BCUT2D eigenvalue weighted by molar-refractivity contribution is -0.138. The molecule has 1 saturated heterocycles. The number of ether oxygens (including phenoxy) is 1. The molecule has 1 spiro atoms. The van der Waals surface area contributed by atoms with Gasteiger partial charge < -0.3 is 4.74 Å². The molecule has 1 unspecified atom stereocenters. The Morgan fingerprint density at radius 2 is 1.60 bits per heavy atom. The van der Waals surface area contributed by atoms with E-state index < -0.39 is 5.41 Å². The lowest BCUT2D eigenvalue weighted by Crippen LogP contribution is -2.50. The van der Waals surface area contributed by atoms with Crippen LogP contribution < -0.4 is 10.3 Å². The summed E-state index contributed by atoms with van der Waals surface area (Å²) in [5.41, 5.74) is 3.27. The Labute approximate surface area is 244 Å². The van der Waals surface area contributed by atoms with Crippen molar-refractivity contribution in [1.29, 1.82) is 0 Å². The molecule has 0 bridgehead atoms. The van der Waals surface area contributed by atoms with E-state index in [2.05, 4.69) is 22.1 Å². The maximum Gasteiger partial charge on any atom is 0.306 e. The minimum absolute atomic E-state index is 0.0364. The van der Waals surface area contributed by atoms with Crippen molar-refractivity contribution in [2.24, 2.45) is 17.6 Å². The van der Waals surface area contributed by atoms with Gasteiger partial charge in [0.25, 0.3) is 5.91 Å². The van der Waals surface area contributed by atoms with Crippen molar-refractivity contribution in [1.82, 2.24) is 19.7 Å². The molecule has 216 valence electrons. The molecule has 8 nitrogen and oxygen atoms in total. The number of rotatable bonds is 8. The Hall–Kier alpha value is -4.50. The number of hydrogen-bond acceptors (Lipinski definition) is 5. The SMILES string of the molecule is CCOc1c(C(c2ccccc2)N2CCC3(CC2)C(=O)N(Cc2ccc(F)cc2)N=C3c2ccccc2)n(C)[nH]c1=O. The predicted octanol–water partition coefficient (Wildman–Crippen LogP) is 4.87. The lowest BCUT2D eigenvalue weighted by atomic mass is 9.71. The Bertz CT molecular complexity index is 1640. The molecule has 1 amide bonds. The van der Waals surface area contributed by atoms with E-state index in [0.717, 1.165) is 28.1 Å². The summed E-state index contributed by atoms with van der Waals surface area (Å²) in [7, 11) is 1.83. The van der Waals surface area contributed by atoms with Crippen LogP contribution in [-0.2, 0) is 18.4 Å². The number of carbonyl (C=O) groups excluding carboxylic acids is 1. The van der Waals surface area contributed by atoms with E-state index in [1.54, 1.807) is 21.8 Å². The van der Waals surface area contributed by atoms with Crippen LogP contribution in [0.3, 0.4) is 0 Å². The van der Waals surface area contributed by atoms with E-state index >= 15 is 0 Å². The van der Waals surface area contributed by atoms with Crippen LogP contribution in [0.25, 0.3) is 0 Å². The zero-order valence-corrected chi connectivity index (χ0v) is 23.8. The summed E-state index contributed by atoms with van der Waals surface area (Å²) in [5.74, 6) is -0.0297. The van der Waals surface area contributed by atoms with Crippen LogP contribution in [0.2, 0.25) is 0 Å². The molecule has 2 aliphatic heterocycles. The molecule has 1 N–H and O–H groups in total. The number of piperidine rings is 1. The first-order chi connectivity index (χ1) is 20.4. The fourth-order valence-electron chi connectivity index (χ4n) is 6.33. The first-order valence-corrected chi connectivity index (χ1v) is 14.3. The van der Waals surface area contributed by atoms with Gasteiger partial charge in [-0.05, 0) is 48.6 Å². The van der Waals surface area contributed by atoms with Gasteiger partial charge >= 0.3 is 5.56 Å². The maximum atomic E-state index is 14.2. The Kier molecular flexibility index (Phi) is 7.51. The fraction of sp³-hybridized carbons (Fsp3) is 0.303. The van der Waals surface area contributed by atoms with Crippen molar-refractivity contribution < 1.29 is 13.9 Å². The smallest absolute Gasteiger partial charge is 0.306 e. The molecule has 3 aromatic carbocycles. The minimum Gasteiger partial charge on any atom is -0.487 e. The van der Waals surface area contributed by atoms with Gasteiger partial charge in [-0.2, -0.15) is 5.10 Å². The number of hydrogen-bond donors (Lipinski definition) is 1. The van der Waals surface area contributed by atoms with Crippen molar-refractivity contribution >= 4 is 11.6 Å². The van der Waals surface area contributed by atoms with Crippen molar-refractivity contribution in [3.05, 3.63) is 123 Å². The number of amides is 1. The molecule has 0 aliphatic carbocycles. The lowest BCUT2D eigenvalue weighted by Gasteiger charge is -2.42. The molecular formula is C33H34FN5O3. The highest BCUT2D eigenvalue weighted by Gasteiger charge is 2.53. The molecule has 3 heterocycles. The summed E-state index contributed by atoms with van der Waals surface area (Å²) in [4.78, 5) is 29.3. The van der Waals surface area contributed by atoms with E-state index in [1.165, 1.54) is 12.1 Å². The third kappa shape index (κ3) is 4.94.